The predicted molar refractivity (Wildman–Crippen MR) is 70.2 cm³/mol. The fourth-order valence-electron chi connectivity index (χ4n) is 2.25. The van der Waals surface area contributed by atoms with Gasteiger partial charge in [-0.3, -0.25) is 4.79 Å². The van der Waals surface area contributed by atoms with Crippen LogP contribution in [-0.2, 0) is 4.79 Å². The van der Waals surface area contributed by atoms with E-state index in [4.69, 9.17) is 18.0 Å². The quantitative estimate of drug-likeness (QED) is 0.751. The molecule has 1 rings (SSSR count). The number of rotatable bonds is 5. The lowest BCUT2D eigenvalue weighted by Gasteiger charge is -2.30. The Hall–Kier alpha value is -0.640. The van der Waals surface area contributed by atoms with E-state index in [2.05, 4.69) is 0 Å². The second kappa shape index (κ2) is 6.18. The minimum Gasteiger partial charge on any atom is -0.393 e. The summed E-state index contributed by atoms with van der Waals surface area (Å²) in [4.78, 5) is 14.6. The van der Waals surface area contributed by atoms with Gasteiger partial charge >= 0.3 is 0 Å². The standard InChI is InChI=1S/C12H22N2OS/c1-9(2)12(15)14(8-7-11(13)16)10-5-3-4-6-10/h9-10H,3-8H2,1-2H3,(H2,13,16). The van der Waals surface area contributed by atoms with Crippen LogP contribution in [0.2, 0.25) is 0 Å². The summed E-state index contributed by atoms with van der Waals surface area (Å²) in [5.41, 5.74) is 5.51. The average molecular weight is 242 g/mol. The Morgan fingerprint density at radius 2 is 2.00 bits per heavy atom. The molecule has 0 aromatic heterocycles. The number of carbonyl (C=O) groups is 1. The van der Waals surface area contributed by atoms with Crippen molar-refractivity contribution in [3.63, 3.8) is 0 Å². The first kappa shape index (κ1) is 13.4. The van der Waals surface area contributed by atoms with Crippen LogP contribution in [0, 0.1) is 5.92 Å². The van der Waals surface area contributed by atoms with E-state index in [1.165, 1.54) is 12.8 Å². The normalized spacial score (nSPS) is 16.7. The van der Waals surface area contributed by atoms with Gasteiger partial charge in [-0.25, -0.2) is 0 Å². The van der Waals surface area contributed by atoms with Crippen LogP contribution in [0.3, 0.4) is 0 Å². The minimum absolute atomic E-state index is 0.0620. The lowest BCUT2D eigenvalue weighted by atomic mass is 10.1. The highest BCUT2D eigenvalue weighted by Gasteiger charge is 2.27. The summed E-state index contributed by atoms with van der Waals surface area (Å²) in [6, 6.07) is 0.421. The molecule has 1 fully saturated rings. The van der Waals surface area contributed by atoms with Crippen LogP contribution in [0.5, 0.6) is 0 Å². The van der Waals surface area contributed by atoms with E-state index >= 15 is 0 Å². The Kier molecular flexibility index (Phi) is 5.19. The van der Waals surface area contributed by atoms with Crippen molar-refractivity contribution < 1.29 is 4.79 Å². The smallest absolute Gasteiger partial charge is 0.225 e. The molecule has 0 unspecified atom stereocenters. The predicted octanol–water partition coefficient (Wildman–Crippen LogP) is 2.09. The van der Waals surface area contributed by atoms with Crippen molar-refractivity contribution in [3.05, 3.63) is 0 Å². The molecular weight excluding hydrogens is 220 g/mol. The molecule has 0 aromatic rings. The van der Waals surface area contributed by atoms with Gasteiger partial charge in [0.1, 0.15) is 0 Å². The summed E-state index contributed by atoms with van der Waals surface area (Å²) >= 11 is 4.88. The van der Waals surface area contributed by atoms with Gasteiger partial charge in [-0.15, -0.1) is 0 Å². The van der Waals surface area contributed by atoms with E-state index in [0.29, 0.717) is 24.0 Å². The molecule has 1 aliphatic carbocycles. The third kappa shape index (κ3) is 3.74. The molecule has 0 aliphatic heterocycles. The van der Waals surface area contributed by atoms with Crippen LogP contribution in [-0.4, -0.2) is 28.4 Å². The molecule has 0 saturated heterocycles. The largest absolute Gasteiger partial charge is 0.393 e. The van der Waals surface area contributed by atoms with Gasteiger partial charge in [0.15, 0.2) is 0 Å². The number of carbonyl (C=O) groups excluding carboxylic acids is 1. The Bertz CT molecular complexity index is 260. The van der Waals surface area contributed by atoms with Crippen LogP contribution < -0.4 is 5.73 Å². The lowest BCUT2D eigenvalue weighted by molar-refractivity contribution is -0.136. The third-order valence-corrected chi connectivity index (χ3v) is 3.35. The molecule has 0 radical (unpaired) electrons. The maximum atomic E-state index is 12.1. The molecule has 0 heterocycles. The monoisotopic (exact) mass is 242 g/mol. The van der Waals surface area contributed by atoms with Gasteiger partial charge in [0, 0.05) is 24.9 Å². The third-order valence-electron chi connectivity index (χ3n) is 3.14. The van der Waals surface area contributed by atoms with Crippen molar-refractivity contribution in [2.75, 3.05) is 6.54 Å². The molecule has 0 atom stereocenters. The Labute approximate surface area is 103 Å². The van der Waals surface area contributed by atoms with Gasteiger partial charge in [-0.2, -0.15) is 0 Å². The molecular formula is C12H22N2OS. The Balaban J connectivity index is 2.60. The zero-order valence-electron chi connectivity index (χ0n) is 10.2. The first-order valence-corrected chi connectivity index (χ1v) is 6.52. The zero-order chi connectivity index (χ0) is 12.1. The Morgan fingerprint density at radius 3 is 2.44 bits per heavy atom. The second-order valence-electron chi connectivity index (χ2n) is 4.84. The number of nitrogens with two attached hydrogens (primary N) is 1. The fourth-order valence-corrected chi connectivity index (χ4v) is 2.34. The summed E-state index contributed by atoms with van der Waals surface area (Å²) in [6.45, 7) is 4.59. The summed E-state index contributed by atoms with van der Waals surface area (Å²) in [5, 5.41) is 0. The van der Waals surface area contributed by atoms with Gasteiger partial charge in [0.2, 0.25) is 5.91 Å². The summed E-state index contributed by atoms with van der Waals surface area (Å²) < 4.78 is 0. The first-order valence-electron chi connectivity index (χ1n) is 6.11. The summed E-state index contributed by atoms with van der Waals surface area (Å²) in [6.07, 6.45) is 5.38. The van der Waals surface area contributed by atoms with E-state index in [9.17, 15) is 4.79 Å². The second-order valence-corrected chi connectivity index (χ2v) is 5.37. The van der Waals surface area contributed by atoms with Crippen molar-refractivity contribution in [2.45, 2.75) is 52.0 Å². The van der Waals surface area contributed by atoms with Crippen molar-refractivity contribution in [1.29, 1.82) is 0 Å². The Morgan fingerprint density at radius 1 is 1.44 bits per heavy atom. The van der Waals surface area contributed by atoms with Crippen LogP contribution in [0.15, 0.2) is 0 Å². The fraction of sp³-hybridized carbons (Fsp3) is 0.833. The van der Waals surface area contributed by atoms with E-state index in [0.717, 1.165) is 12.8 Å². The van der Waals surface area contributed by atoms with Gasteiger partial charge < -0.3 is 10.6 Å². The van der Waals surface area contributed by atoms with Crippen LogP contribution in [0.1, 0.15) is 46.0 Å². The molecule has 1 aliphatic rings. The summed E-state index contributed by atoms with van der Waals surface area (Å²) in [5.74, 6) is 0.301. The number of thiocarbonyl (C=S) groups is 1. The van der Waals surface area contributed by atoms with E-state index < -0.39 is 0 Å². The van der Waals surface area contributed by atoms with Gasteiger partial charge in [0.25, 0.3) is 0 Å². The topological polar surface area (TPSA) is 46.3 Å². The molecule has 16 heavy (non-hydrogen) atoms. The van der Waals surface area contributed by atoms with Crippen molar-refractivity contribution in [1.82, 2.24) is 4.90 Å². The molecule has 0 spiro atoms. The highest BCUT2D eigenvalue weighted by Crippen LogP contribution is 2.24. The number of hydrogen-bond donors (Lipinski definition) is 1. The van der Waals surface area contributed by atoms with E-state index in [1.807, 2.05) is 18.7 Å². The van der Waals surface area contributed by atoms with Crippen LogP contribution in [0.4, 0.5) is 0 Å². The molecule has 3 nitrogen and oxygen atoms in total. The SMILES string of the molecule is CC(C)C(=O)N(CCC(N)=S)C1CCCC1. The molecule has 92 valence electrons. The highest BCUT2D eigenvalue weighted by atomic mass is 32.1. The van der Waals surface area contributed by atoms with E-state index in [-0.39, 0.29) is 11.8 Å². The van der Waals surface area contributed by atoms with E-state index in [1.54, 1.807) is 0 Å². The van der Waals surface area contributed by atoms with Crippen LogP contribution in [0.25, 0.3) is 0 Å². The van der Waals surface area contributed by atoms with Gasteiger partial charge in [-0.05, 0) is 12.8 Å². The number of nitrogens with zero attached hydrogens (tertiary/aromatic N) is 1. The van der Waals surface area contributed by atoms with Crippen molar-refractivity contribution >= 4 is 23.1 Å². The minimum atomic E-state index is 0.0620. The number of amides is 1. The molecule has 1 saturated carbocycles. The average Bonchev–Trinajstić information content (AvgIpc) is 2.70. The molecule has 1 amide bonds. The van der Waals surface area contributed by atoms with Gasteiger partial charge in [-0.1, -0.05) is 38.9 Å². The first-order chi connectivity index (χ1) is 7.52. The lowest BCUT2D eigenvalue weighted by Crippen LogP contribution is -2.42. The van der Waals surface area contributed by atoms with Gasteiger partial charge in [0.05, 0.1) is 4.99 Å². The molecule has 0 bridgehead atoms. The maximum Gasteiger partial charge on any atom is 0.225 e. The molecule has 2 N–H and O–H groups in total. The number of hydrogen-bond acceptors (Lipinski definition) is 2. The molecule has 4 heteroatoms. The molecule has 0 aromatic carbocycles. The van der Waals surface area contributed by atoms with Crippen LogP contribution >= 0.6 is 12.2 Å². The summed E-state index contributed by atoms with van der Waals surface area (Å²) in [7, 11) is 0. The highest BCUT2D eigenvalue weighted by molar-refractivity contribution is 7.80. The van der Waals surface area contributed by atoms with Crippen molar-refractivity contribution in [2.24, 2.45) is 11.7 Å². The zero-order valence-corrected chi connectivity index (χ0v) is 11.1. The van der Waals surface area contributed by atoms with Crippen molar-refractivity contribution in [3.8, 4) is 0 Å². The maximum absolute atomic E-state index is 12.1.